The summed E-state index contributed by atoms with van der Waals surface area (Å²) in [6.07, 6.45) is 3.99. The maximum absolute atomic E-state index is 6.51. The summed E-state index contributed by atoms with van der Waals surface area (Å²) in [4.78, 5) is 0. The van der Waals surface area contributed by atoms with Gasteiger partial charge in [0.05, 0.1) is 14.2 Å². The normalized spacial score (nSPS) is 11.3. The van der Waals surface area contributed by atoms with Crippen LogP contribution in [0.3, 0.4) is 0 Å². The number of hydrogen-bond acceptors (Lipinski definition) is 4. The average Bonchev–Trinajstić information content (AvgIpc) is 2.90. The molecule has 0 saturated carbocycles. The van der Waals surface area contributed by atoms with Gasteiger partial charge in [-0.05, 0) is 75.1 Å². The molecule has 190 valence electrons. The lowest BCUT2D eigenvalue weighted by Gasteiger charge is -2.14. The number of rotatable bonds is 13. The molecule has 4 aromatic rings. The Morgan fingerprint density at radius 3 is 1.36 bits per heavy atom. The third-order valence-electron chi connectivity index (χ3n) is 6.55. The average molecular weight is 526 g/mol. The Morgan fingerprint density at radius 2 is 0.972 bits per heavy atom. The minimum Gasteiger partial charge on any atom is -0.496 e. The van der Waals surface area contributed by atoms with E-state index in [4.69, 9.17) is 32.7 Å². The largest absolute Gasteiger partial charge is 0.496 e. The highest BCUT2D eigenvalue weighted by atomic mass is 35.5. The highest BCUT2D eigenvalue weighted by Crippen LogP contribution is 2.36. The summed E-state index contributed by atoms with van der Waals surface area (Å²) < 4.78 is 11.4. The Kier molecular flexibility index (Phi) is 9.71. The Balaban J connectivity index is 1.16. The van der Waals surface area contributed by atoms with Gasteiger partial charge in [-0.15, -0.1) is 0 Å². The molecule has 6 heteroatoms. The van der Waals surface area contributed by atoms with Crippen LogP contribution in [0.1, 0.15) is 24.0 Å². The van der Waals surface area contributed by atoms with Crippen molar-refractivity contribution in [2.24, 2.45) is 0 Å². The highest BCUT2D eigenvalue weighted by Gasteiger charge is 2.12. The van der Waals surface area contributed by atoms with Gasteiger partial charge in [0.15, 0.2) is 0 Å². The zero-order valence-corrected chi connectivity index (χ0v) is 22.5. The van der Waals surface area contributed by atoms with Gasteiger partial charge in [-0.2, -0.15) is 0 Å². The number of benzene rings is 4. The number of ether oxygens (including phenoxy) is 2. The van der Waals surface area contributed by atoms with Crippen LogP contribution in [-0.2, 0) is 12.8 Å². The first-order valence-corrected chi connectivity index (χ1v) is 13.3. The summed E-state index contributed by atoms with van der Waals surface area (Å²) >= 11 is 13.0. The van der Waals surface area contributed by atoms with Crippen molar-refractivity contribution >= 4 is 44.7 Å². The summed E-state index contributed by atoms with van der Waals surface area (Å²) in [6, 6.07) is 20.3. The fourth-order valence-electron chi connectivity index (χ4n) is 4.77. The number of nitrogens with one attached hydrogen (secondary N) is 2. The first kappa shape index (κ1) is 26.6. The van der Waals surface area contributed by atoms with E-state index in [1.807, 2.05) is 48.5 Å². The van der Waals surface area contributed by atoms with Crippen LogP contribution in [0.2, 0.25) is 10.0 Å². The quantitative estimate of drug-likeness (QED) is 0.183. The highest BCUT2D eigenvalue weighted by molar-refractivity contribution is 6.36. The SMILES string of the molecule is COc1c(CCNCCCCNCCc2cc(Cl)c3ccccc3c2OC)cc(Cl)c2ccccc12. The van der Waals surface area contributed by atoms with Gasteiger partial charge in [-0.25, -0.2) is 0 Å². The van der Waals surface area contributed by atoms with Crippen LogP contribution in [0.25, 0.3) is 21.5 Å². The second-order valence-electron chi connectivity index (χ2n) is 8.90. The van der Waals surface area contributed by atoms with E-state index in [0.29, 0.717) is 0 Å². The first-order chi connectivity index (χ1) is 17.6. The molecule has 0 heterocycles. The van der Waals surface area contributed by atoms with Crippen LogP contribution >= 0.6 is 23.2 Å². The summed E-state index contributed by atoms with van der Waals surface area (Å²) in [5, 5.41) is 12.8. The van der Waals surface area contributed by atoms with Crippen LogP contribution in [0, 0.1) is 0 Å². The molecule has 0 aromatic heterocycles. The molecule has 36 heavy (non-hydrogen) atoms. The van der Waals surface area contributed by atoms with Gasteiger partial charge < -0.3 is 20.1 Å². The Bertz CT molecular complexity index is 1210. The smallest absolute Gasteiger partial charge is 0.130 e. The monoisotopic (exact) mass is 524 g/mol. The molecule has 4 rings (SSSR count). The van der Waals surface area contributed by atoms with Crippen molar-refractivity contribution in [3.8, 4) is 11.5 Å². The van der Waals surface area contributed by atoms with Crippen molar-refractivity contribution in [1.29, 1.82) is 0 Å². The van der Waals surface area contributed by atoms with E-state index in [2.05, 4.69) is 22.8 Å². The minimum absolute atomic E-state index is 0.774. The van der Waals surface area contributed by atoms with Crippen molar-refractivity contribution in [3.05, 3.63) is 81.8 Å². The Labute approximate surface area is 223 Å². The Hall–Kier alpha value is -2.50. The summed E-state index contributed by atoms with van der Waals surface area (Å²) in [7, 11) is 3.45. The zero-order chi connectivity index (χ0) is 25.3. The van der Waals surface area contributed by atoms with Gasteiger partial charge in [0, 0.05) is 31.6 Å². The first-order valence-electron chi connectivity index (χ1n) is 12.5. The van der Waals surface area contributed by atoms with Crippen molar-refractivity contribution in [2.45, 2.75) is 25.7 Å². The molecule has 0 spiro atoms. The van der Waals surface area contributed by atoms with E-state index in [9.17, 15) is 0 Å². The van der Waals surface area contributed by atoms with Crippen LogP contribution in [-0.4, -0.2) is 40.4 Å². The topological polar surface area (TPSA) is 42.5 Å². The molecule has 0 atom stereocenters. The van der Waals surface area contributed by atoms with Crippen LogP contribution < -0.4 is 20.1 Å². The van der Waals surface area contributed by atoms with E-state index in [0.717, 1.165) is 106 Å². The van der Waals surface area contributed by atoms with E-state index in [-0.39, 0.29) is 0 Å². The molecule has 0 bridgehead atoms. The second-order valence-corrected chi connectivity index (χ2v) is 9.71. The molecular weight excluding hydrogens is 491 g/mol. The molecule has 0 aliphatic heterocycles. The molecule has 0 unspecified atom stereocenters. The third kappa shape index (κ3) is 6.24. The van der Waals surface area contributed by atoms with Crippen molar-refractivity contribution in [3.63, 3.8) is 0 Å². The lowest BCUT2D eigenvalue weighted by atomic mass is 10.0. The van der Waals surface area contributed by atoms with E-state index < -0.39 is 0 Å². The van der Waals surface area contributed by atoms with E-state index in [1.54, 1.807) is 14.2 Å². The Morgan fingerprint density at radius 1 is 0.583 bits per heavy atom. The summed E-state index contributed by atoms with van der Waals surface area (Å²) in [5.41, 5.74) is 2.28. The summed E-state index contributed by atoms with van der Waals surface area (Å²) in [5.74, 6) is 1.84. The lowest BCUT2D eigenvalue weighted by Crippen LogP contribution is -2.22. The number of halogens is 2. The molecule has 0 fully saturated rings. The van der Waals surface area contributed by atoms with Crippen LogP contribution in [0.5, 0.6) is 11.5 Å². The molecule has 2 N–H and O–H groups in total. The molecular formula is C30H34Cl2N2O2. The standard InChI is InChI=1S/C30H34Cl2N2O2/c1-35-29-21(19-27(31)23-9-3-5-11-25(23)29)13-17-33-15-7-8-16-34-18-14-22-20-28(32)24-10-4-6-12-26(24)30(22)36-2/h3-6,9-12,19-20,33-34H,7-8,13-18H2,1-2H3. The molecule has 4 nitrogen and oxygen atoms in total. The molecule has 0 amide bonds. The van der Waals surface area contributed by atoms with Gasteiger partial charge in [-0.1, -0.05) is 71.7 Å². The maximum atomic E-state index is 6.51. The molecule has 0 saturated heterocycles. The van der Waals surface area contributed by atoms with E-state index >= 15 is 0 Å². The van der Waals surface area contributed by atoms with E-state index in [1.165, 1.54) is 0 Å². The fraction of sp³-hybridized carbons (Fsp3) is 0.333. The zero-order valence-electron chi connectivity index (χ0n) is 21.0. The van der Waals surface area contributed by atoms with Gasteiger partial charge >= 0.3 is 0 Å². The van der Waals surface area contributed by atoms with Crippen LogP contribution in [0.15, 0.2) is 60.7 Å². The lowest BCUT2D eigenvalue weighted by molar-refractivity contribution is 0.414. The number of unbranched alkanes of at least 4 members (excludes halogenated alkanes) is 1. The molecule has 0 aliphatic rings. The van der Waals surface area contributed by atoms with Gasteiger partial charge in [0.1, 0.15) is 11.5 Å². The molecule has 4 aromatic carbocycles. The third-order valence-corrected chi connectivity index (χ3v) is 7.18. The maximum Gasteiger partial charge on any atom is 0.130 e. The molecule has 0 radical (unpaired) electrons. The number of hydrogen-bond donors (Lipinski definition) is 2. The fourth-order valence-corrected chi connectivity index (χ4v) is 5.36. The molecule has 0 aliphatic carbocycles. The van der Waals surface area contributed by atoms with Crippen molar-refractivity contribution in [2.75, 3.05) is 40.4 Å². The second kappa shape index (κ2) is 13.2. The van der Waals surface area contributed by atoms with Crippen molar-refractivity contribution in [1.82, 2.24) is 10.6 Å². The predicted octanol–water partition coefficient (Wildman–Crippen LogP) is 7.06. The number of methoxy groups -OCH3 is 2. The van der Waals surface area contributed by atoms with Gasteiger partial charge in [0.2, 0.25) is 0 Å². The van der Waals surface area contributed by atoms with Crippen LogP contribution in [0.4, 0.5) is 0 Å². The minimum atomic E-state index is 0.774. The van der Waals surface area contributed by atoms with Gasteiger partial charge in [0.25, 0.3) is 0 Å². The van der Waals surface area contributed by atoms with Crippen molar-refractivity contribution < 1.29 is 9.47 Å². The summed E-state index contributed by atoms with van der Waals surface area (Å²) in [6.45, 7) is 3.75. The predicted molar refractivity (Wildman–Crippen MR) is 153 cm³/mol. The number of fused-ring (bicyclic) bond motifs is 2. The van der Waals surface area contributed by atoms with Gasteiger partial charge in [-0.3, -0.25) is 0 Å².